The summed E-state index contributed by atoms with van der Waals surface area (Å²) in [4.78, 5) is 2.06. The highest BCUT2D eigenvalue weighted by atomic mass is 19.1. The van der Waals surface area contributed by atoms with E-state index in [1.807, 2.05) is 34.7 Å². The summed E-state index contributed by atoms with van der Waals surface area (Å²) in [6.07, 6.45) is -0.145. The van der Waals surface area contributed by atoms with Gasteiger partial charge < -0.3 is 4.74 Å². The lowest BCUT2D eigenvalue weighted by Gasteiger charge is -2.32. The van der Waals surface area contributed by atoms with E-state index in [0.29, 0.717) is 6.42 Å². The van der Waals surface area contributed by atoms with Crippen molar-refractivity contribution in [1.82, 2.24) is 4.90 Å². The van der Waals surface area contributed by atoms with Crippen molar-refractivity contribution in [3.05, 3.63) is 0 Å². The molecule has 2 unspecified atom stereocenters. The minimum Gasteiger partial charge on any atom is -0.371 e. The van der Waals surface area contributed by atoms with Gasteiger partial charge in [0.25, 0.3) is 0 Å². The lowest BCUT2D eigenvalue weighted by atomic mass is 10.1. The predicted molar refractivity (Wildman–Crippen MR) is 56.2 cm³/mol. The van der Waals surface area contributed by atoms with Crippen LogP contribution < -0.4 is 0 Å². The van der Waals surface area contributed by atoms with E-state index in [2.05, 4.69) is 4.90 Å². The molecule has 0 aliphatic carbocycles. The number of likely N-dealkylation sites (N-methyl/N-ethyl adjacent to an activating group) is 1. The van der Waals surface area contributed by atoms with Crippen LogP contribution in [0.2, 0.25) is 0 Å². The molecule has 0 N–H and O–H groups in total. The Balaban J connectivity index is 2.55. The zero-order valence-corrected chi connectivity index (χ0v) is 9.88. The van der Waals surface area contributed by atoms with Gasteiger partial charge in [0.2, 0.25) is 0 Å². The van der Waals surface area contributed by atoms with Crippen LogP contribution in [-0.4, -0.2) is 42.4 Å². The normalized spacial score (nSPS) is 32.1. The minimum atomic E-state index is -0.739. The van der Waals surface area contributed by atoms with Gasteiger partial charge in [0.05, 0.1) is 17.7 Å². The highest BCUT2D eigenvalue weighted by molar-refractivity contribution is 4.90. The van der Waals surface area contributed by atoms with Crippen molar-refractivity contribution in [2.45, 2.75) is 58.0 Å². The van der Waals surface area contributed by atoms with Gasteiger partial charge in [0, 0.05) is 6.54 Å². The van der Waals surface area contributed by atoms with Crippen LogP contribution >= 0.6 is 0 Å². The molecule has 0 aromatic heterocycles. The largest absolute Gasteiger partial charge is 0.371 e. The topological polar surface area (TPSA) is 12.5 Å². The number of ether oxygens (including phenoxy) is 1. The average molecular weight is 203 g/mol. The van der Waals surface area contributed by atoms with Gasteiger partial charge in [-0.1, -0.05) is 0 Å². The molecule has 3 heteroatoms. The molecule has 1 aliphatic rings. The fourth-order valence-electron chi connectivity index (χ4n) is 2.20. The molecule has 1 saturated heterocycles. The fourth-order valence-corrected chi connectivity index (χ4v) is 2.20. The second-order valence-electron chi connectivity index (χ2n) is 5.21. The number of likely N-dealkylation sites (tertiary alicyclic amines) is 1. The molecule has 0 saturated carbocycles. The van der Waals surface area contributed by atoms with Crippen molar-refractivity contribution >= 4 is 0 Å². The first-order valence-corrected chi connectivity index (χ1v) is 5.33. The van der Waals surface area contributed by atoms with Crippen molar-refractivity contribution in [2.24, 2.45) is 0 Å². The second-order valence-corrected chi connectivity index (χ2v) is 5.21. The van der Waals surface area contributed by atoms with Crippen LogP contribution in [0.3, 0.4) is 0 Å². The van der Waals surface area contributed by atoms with Crippen LogP contribution in [0.25, 0.3) is 0 Å². The van der Waals surface area contributed by atoms with Crippen molar-refractivity contribution in [3.63, 3.8) is 0 Å². The van der Waals surface area contributed by atoms with E-state index >= 15 is 0 Å². The van der Waals surface area contributed by atoms with Gasteiger partial charge in [-0.15, -0.1) is 0 Å². The number of alkyl halides is 1. The summed E-state index contributed by atoms with van der Waals surface area (Å²) in [5.74, 6) is 0. The summed E-state index contributed by atoms with van der Waals surface area (Å²) in [5.41, 5.74) is -0.192. The first-order valence-electron chi connectivity index (χ1n) is 5.33. The molecule has 0 radical (unpaired) electrons. The highest BCUT2D eigenvalue weighted by Crippen LogP contribution is 2.25. The Kier molecular flexibility index (Phi) is 3.53. The highest BCUT2D eigenvalue weighted by Gasteiger charge is 2.37. The Labute approximate surface area is 86.4 Å². The van der Waals surface area contributed by atoms with Crippen molar-refractivity contribution in [2.75, 3.05) is 13.6 Å². The summed E-state index contributed by atoms with van der Waals surface area (Å²) in [5, 5.41) is 0. The molecule has 14 heavy (non-hydrogen) atoms. The molecular formula is C11H22FNO. The fraction of sp³-hybridized carbons (Fsp3) is 1.00. The molecule has 0 spiro atoms. The first kappa shape index (κ1) is 11.9. The molecule has 1 heterocycles. The monoisotopic (exact) mass is 203 g/mol. The van der Waals surface area contributed by atoms with Crippen molar-refractivity contribution in [3.8, 4) is 0 Å². The van der Waals surface area contributed by atoms with Gasteiger partial charge in [-0.25, -0.2) is 4.39 Å². The quantitative estimate of drug-likeness (QED) is 0.682. The molecule has 3 atom stereocenters. The predicted octanol–water partition coefficient (Wildman–Crippen LogP) is 2.23. The van der Waals surface area contributed by atoms with Gasteiger partial charge in [0.1, 0.15) is 6.17 Å². The molecular weight excluding hydrogens is 181 g/mol. The number of hydrogen-bond donors (Lipinski definition) is 0. The molecule has 1 fully saturated rings. The number of nitrogens with zero attached hydrogens (tertiary/aromatic N) is 1. The maximum Gasteiger partial charge on any atom is 0.119 e. The average Bonchev–Trinajstić information content (AvgIpc) is 2.27. The van der Waals surface area contributed by atoms with Crippen molar-refractivity contribution in [1.29, 1.82) is 0 Å². The van der Waals surface area contributed by atoms with Crippen LogP contribution in [0.1, 0.15) is 34.1 Å². The second kappa shape index (κ2) is 4.15. The Hall–Kier alpha value is -0.150. The number of halogens is 1. The van der Waals surface area contributed by atoms with Crippen LogP contribution in [-0.2, 0) is 4.74 Å². The van der Waals surface area contributed by atoms with E-state index in [9.17, 15) is 4.39 Å². The minimum absolute atomic E-state index is 0.0440. The van der Waals surface area contributed by atoms with Crippen LogP contribution in [0.4, 0.5) is 4.39 Å². The molecule has 1 rings (SSSR count). The smallest absolute Gasteiger partial charge is 0.119 e. The van der Waals surface area contributed by atoms with Gasteiger partial charge >= 0.3 is 0 Å². The Bertz CT molecular complexity index is 180. The number of rotatable bonds is 2. The summed E-state index contributed by atoms with van der Waals surface area (Å²) < 4.78 is 19.3. The molecule has 1 aliphatic heterocycles. The zero-order valence-electron chi connectivity index (χ0n) is 9.88. The summed E-state index contributed by atoms with van der Waals surface area (Å²) >= 11 is 0. The SMILES string of the molecule is CC(OC(C)(C)C)C1[C@H](F)CCN1C. The van der Waals surface area contributed by atoms with E-state index in [1.165, 1.54) is 0 Å². The van der Waals surface area contributed by atoms with Gasteiger partial charge in [0.15, 0.2) is 0 Å². The number of hydrogen-bond acceptors (Lipinski definition) is 2. The summed E-state index contributed by atoms with van der Waals surface area (Å²) in [6.45, 7) is 8.82. The molecule has 0 amide bonds. The van der Waals surface area contributed by atoms with E-state index in [0.717, 1.165) is 6.54 Å². The van der Waals surface area contributed by atoms with E-state index < -0.39 is 6.17 Å². The standard InChI is InChI=1S/C11H22FNO/c1-8(14-11(2,3)4)10-9(12)6-7-13(10)5/h8-10H,6-7H2,1-5H3/t8?,9-,10?/m1/s1. The van der Waals surface area contributed by atoms with Crippen molar-refractivity contribution < 1.29 is 9.13 Å². The zero-order chi connectivity index (χ0) is 10.9. The van der Waals surface area contributed by atoms with E-state index in [-0.39, 0.29) is 17.7 Å². The van der Waals surface area contributed by atoms with Crippen LogP contribution in [0.15, 0.2) is 0 Å². The van der Waals surface area contributed by atoms with E-state index in [1.54, 1.807) is 0 Å². The third-order valence-electron chi connectivity index (χ3n) is 2.66. The molecule has 0 bridgehead atoms. The lowest BCUT2D eigenvalue weighted by Crippen LogP contribution is -2.44. The van der Waals surface area contributed by atoms with Gasteiger partial charge in [-0.05, 0) is 41.2 Å². The van der Waals surface area contributed by atoms with Crippen LogP contribution in [0.5, 0.6) is 0 Å². The third kappa shape index (κ3) is 2.92. The molecule has 0 aromatic carbocycles. The lowest BCUT2D eigenvalue weighted by molar-refractivity contribution is -0.0864. The van der Waals surface area contributed by atoms with Gasteiger partial charge in [-0.3, -0.25) is 4.90 Å². The molecule has 84 valence electrons. The Morgan fingerprint density at radius 3 is 2.36 bits per heavy atom. The summed E-state index contributed by atoms with van der Waals surface area (Å²) in [6, 6.07) is -0.0748. The van der Waals surface area contributed by atoms with Crippen LogP contribution in [0, 0.1) is 0 Å². The maximum atomic E-state index is 13.5. The molecule has 2 nitrogen and oxygen atoms in total. The Morgan fingerprint density at radius 2 is 2.00 bits per heavy atom. The third-order valence-corrected chi connectivity index (χ3v) is 2.66. The maximum absolute atomic E-state index is 13.5. The summed E-state index contributed by atoms with van der Waals surface area (Å²) in [7, 11) is 1.97. The van der Waals surface area contributed by atoms with Gasteiger partial charge in [-0.2, -0.15) is 0 Å². The molecule has 0 aromatic rings. The Morgan fingerprint density at radius 1 is 1.43 bits per heavy atom. The first-order chi connectivity index (χ1) is 6.31. The van der Waals surface area contributed by atoms with E-state index in [4.69, 9.17) is 4.74 Å².